The fraction of sp³-hybridized carbons (Fsp3) is 0.0612. The largest absolute Gasteiger partial charge is 0.439 e. The molecule has 0 aliphatic heterocycles. The van der Waals surface area contributed by atoms with E-state index in [-0.39, 0.29) is 0 Å². The molecule has 0 fully saturated rings. The minimum absolute atomic E-state index is 0.294. The first-order valence-corrected chi connectivity index (χ1v) is 22.2. The number of benzene rings is 6. The van der Waals surface area contributed by atoms with Crippen molar-refractivity contribution in [2.24, 2.45) is 0 Å². The fourth-order valence-corrected chi connectivity index (χ4v) is 7.89. The summed E-state index contributed by atoms with van der Waals surface area (Å²) in [7, 11) is 0. The van der Waals surface area contributed by atoms with Crippen LogP contribution < -0.4 is 5.76 Å². The summed E-state index contributed by atoms with van der Waals surface area (Å²) in [5.74, 6) is 0.128. The zero-order valence-electron chi connectivity index (χ0n) is 37.1. The third-order valence-corrected chi connectivity index (χ3v) is 11.3. The first-order chi connectivity index (χ1) is 34.0. The highest BCUT2D eigenvalue weighted by Crippen LogP contribution is 2.32. The van der Waals surface area contributed by atoms with Gasteiger partial charge in [0, 0.05) is 42.9 Å². The van der Waals surface area contributed by atoms with Crippen LogP contribution in [0.2, 0.25) is 15.1 Å². The number of nitriles is 1. The van der Waals surface area contributed by atoms with Gasteiger partial charge in [-0.3, -0.25) is 9.51 Å². The normalized spacial score (nSPS) is 10.8. The predicted molar refractivity (Wildman–Crippen MR) is 264 cm³/mol. The lowest BCUT2D eigenvalue weighted by atomic mass is 10.1. The standard InChI is InChI=1S/C17H12ClN5O2.C16H12ClN7.C16H11ClN4/c1-10-3-2-4-11(7-10)15-9-19-22-23(15)14-8-12(18)5-6-13(14)16-20-17(24)25-21-16;1-10-3-2-4-11(7-10)15-9-18-23-24(15)14-8-12(17)5-6-13(14)16-19-21-22-20-16;1-11-3-2-4-12(7-11)16-10-19-20-21(16)15-8-14(17)6-5-13(15)9-18/h2-9H,1H3,(H,20,21,24);2-9H,1H3,(H,19,20,21,22);2-8,10H,1H3. The molecular formula is C49H35Cl3N16O2. The molecule has 6 aromatic carbocycles. The highest BCUT2D eigenvalue weighted by atomic mass is 35.5. The number of hydrogen-bond donors (Lipinski definition) is 2. The third-order valence-electron chi connectivity index (χ3n) is 10.6. The smallest absolute Gasteiger partial charge is 0.296 e. The summed E-state index contributed by atoms with van der Waals surface area (Å²) in [5, 5.41) is 53.4. The maximum atomic E-state index is 11.3. The summed E-state index contributed by atoms with van der Waals surface area (Å²) in [6.07, 6.45) is 5.07. The molecule has 0 aliphatic carbocycles. The predicted octanol–water partition coefficient (Wildman–Crippen LogP) is 10.1. The average Bonchev–Trinajstić information content (AvgIpc) is 4.23. The van der Waals surface area contributed by atoms with Crippen LogP contribution in [0.15, 0.2) is 155 Å². The SMILES string of the molecule is Cc1cccc(-c2cnnn2-c2cc(Cl)ccc2-c2nn[nH]n2)c1.Cc1cccc(-c2cnnn2-c2cc(Cl)ccc2-c2noc(=O)[nH]2)c1.Cc1cccc(-c2cnnn2-c2cc(Cl)ccc2C#N)c1. The molecule has 5 aromatic heterocycles. The van der Waals surface area contributed by atoms with E-state index in [1.54, 1.807) is 81.2 Å². The highest BCUT2D eigenvalue weighted by molar-refractivity contribution is 6.31. The number of tetrazole rings is 1. The van der Waals surface area contributed by atoms with E-state index >= 15 is 0 Å². The van der Waals surface area contributed by atoms with Crippen molar-refractivity contribution in [3.05, 3.63) is 194 Å². The van der Waals surface area contributed by atoms with Crippen LogP contribution in [0.3, 0.4) is 0 Å². The Morgan fingerprint density at radius 1 is 0.571 bits per heavy atom. The molecule has 0 bridgehead atoms. The van der Waals surface area contributed by atoms with E-state index in [4.69, 9.17) is 34.8 Å². The third kappa shape index (κ3) is 10.2. The average molecular weight is 986 g/mol. The summed E-state index contributed by atoms with van der Waals surface area (Å²) in [6.45, 7) is 6.09. The molecule has 0 amide bonds. The van der Waals surface area contributed by atoms with Gasteiger partial charge in [0.2, 0.25) is 5.82 Å². The minimum atomic E-state index is -0.631. The molecule has 0 spiro atoms. The molecule has 0 atom stereocenters. The summed E-state index contributed by atoms with van der Waals surface area (Å²) in [6, 6.07) is 42.0. The number of aromatic amines is 2. The first-order valence-electron chi connectivity index (χ1n) is 21.1. The van der Waals surface area contributed by atoms with Crippen molar-refractivity contribution in [3.8, 4) is 79.7 Å². The summed E-state index contributed by atoms with van der Waals surface area (Å²) < 4.78 is 9.64. The maximum absolute atomic E-state index is 11.3. The van der Waals surface area contributed by atoms with Gasteiger partial charge in [-0.1, -0.05) is 127 Å². The van der Waals surface area contributed by atoms with Crippen molar-refractivity contribution >= 4 is 34.8 Å². The van der Waals surface area contributed by atoms with Crippen LogP contribution in [0.1, 0.15) is 22.3 Å². The number of H-pyrrole nitrogens is 2. The second-order valence-electron chi connectivity index (χ2n) is 15.5. The zero-order valence-corrected chi connectivity index (χ0v) is 39.3. The fourth-order valence-electron chi connectivity index (χ4n) is 7.39. The molecule has 0 aliphatic rings. The van der Waals surface area contributed by atoms with E-state index in [0.717, 1.165) is 61.7 Å². The quantitative estimate of drug-likeness (QED) is 0.145. The monoisotopic (exact) mass is 984 g/mol. The van der Waals surface area contributed by atoms with Gasteiger partial charge in [0.15, 0.2) is 5.82 Å². The van der Waals surface area contributed by atoms with Crippen molar-refractivity contribution in [1.82, 2.24) is 75.7 Å². The molecule has 0 saturated carbocycles. The summed E-state index contributed by atoms with van der Waals surface area (Å²) >= 11 is 18.4. The molecule has 11 rings (SSSR count). The molecule has 2 N–H and O–H groups in total. The van der Waals surface area contributed by atoms with Crippen LogP contribution in [0.25, 0.3) is 73.6 Å². The van der Waals surface area contributed by atoms with Gasteiger partial charge in [-0.15, -0.1) is 25.5 Å². The molecule has 18 nitrogen and oxygen atoms in total. The Morgan fingerprint density at radius 2 is 1.03 bits per heavy atom. The number of aromatic nitrogens is 15. The van der Waals surface area contributed by atoms with Gasteiger partial charge in [-0.25, -0.2) is 18.8 Å². The Bertz CT molecular complexity index is 3720. The van der Waals surface area contributed by atoms with Crippen LogP contribution in [0.4, 0.5) is 0 Å². The van der Waals surface area contributed by atoms with E-state index in [0.29, 0.717) is 49.2 Å². The molecule has 5 heterocycles. The van der Waals surface area contributed by atoms with Crippen molar-refractivity contribution in [2.75, 3.05) is 0 Å². The summed E-state index contributed by atoms with van der Waals surface area (Å²) in [5.41, 5.74) is 12.7. The Morgan fingerprint density at radius 3 is 1.47 bits per heavy atom. The minimum Gasteiger partial charge on any atom is -0.296 e. The highest BCUT2D eigenvalue weighted by Gasteiger charge is 2.19. The lowest BCUT2D eigenvalue weighted by Crippen LogP contribution is -2.03. The van der Waals surface area contributed by atoms with Crippen LogP contribution in [0.5, 0.6) is 0 Å². The Labute approximate surface area is 412 Å². The summed E-state index contributed by atoms with van der Waals surface area (Å²) in [4.78, 5) is 13.9. The number of rotatable bonds is 8. The van der Waals surface area contributed by atoms with Crippen molar-refractivity contribution < 1.29 is 4.52 Å². The molecule has 11 aromatic rings. The van der Waals surface area contributed by atoms with Crippen molar-refractivity contribution in [2.45, 2.75) is 20.8 Å². The molecule has 0 radical (unpaired) electrons. The molecule has 21 heteroatoms. The molecule has 0 unspecified atom stereocenters. The van der Waals surface area contributed by atoms with Gasteiger partial charge in [0.25, 0.3) is 0 Å². The van der Waals surface area contributed by atoms with Gasteiger partial charge >= 0.3 is 5.76 Å². The van der Waals surface area contributed by atoms with Crippen LogP contribution in [-0.2, 0) is 0 Å². The number of nitrogens with zero attached hydrogens (tertiary/aromatic N) is 14. The van der Waals surface area contributed by atoms with Crippen LogP contribution >= 0.6 is 34.8 Å². The molecule has 70 heavy (non-hydrogen) atoms. The maximum Gasteiger partial charge on any atom is 0.439 e. The van der Waals surface area contributed by atoms with Gasteiger partial charge in [0.05, 0.1) is 58.3 Å². The number of hydrogen-bond acceptors (Lipinski definition) is 13. The molecule has 344 valence electrons. The van der Waals surface area contributed by atoms with E-state index in [1.807, 2.05) is 93.6 Å². The van der Waals surface area contributed by atoms with Gasteiger partial charge in [-0.2, -0.15) is 10.5 Å². The number of halogens is 3. The number of nitrogens with one attached hydrogen (secondary N) is 2. The van der Waals surface area contributed by atoms with E-state index in [1.165, 1.54) is 0 Å². The van der Waals surface area contributed by atoms with Crippen molar-refractivity contribution in [3.63, 3.8) is 0 Å². The second-order valence-corrected chi connectivity index (χ2v) is 16.8. The Kier molecular flexibility index (Phi) is 13.6. The topological polar surface area (TPSA) is 229 Å². The van der Waals surface area contributed by atoms with Gasteiger partial charge in [0.1, 0.15) is 6.07 Å². The second kappa shape index (κ2) is 20.5. The lowest BCUT2D eigenvalue weighted by molar-refractivity contribution is 0.388. The molecular weight excluding hydrogens is 951 g/mol. The Balaban J connectivity index is 0.000000131. The van der Waals surface area contributed by atoms with E-state index in [2.05, 4.69) is 78.4 Å². The molecule has 0 saturated heterocycles. The first kappa shape index (κ1) is 46.2. The van der Waals surface area contributed by atoms with E-state index < -0.39 is 5.76 Å². The Hall–Kier alpha value is -8.89. The van der Waals surface area contributed by atoms with E-state index in [9.17, 15) is 10.1 Å². The van der Waals surface area contributed by atoms with Gasteiger partial charge in [-0.05, 0) is 98.8 Å². The lowest BCUT2D eigenvalue weighted by Gasteiger charge is -2.11. The van der Waals surface area contributed by atoms with Crippen molar-refractivity contribution in [1.29, 1.82) is 5.26 Å². The van der Waals surface area contributed by atoms with Crippen LogP contribution in [0, 0.1) is 32.1 Å². The van der Waals surface area contributed by atoms with Crippen LogP contribution in [-0.4, -0.2) is 75.7 Å². The number of aryl methyl sites for hydroxylation is 3. The zero-order chi connectivity index (χ0) is 48.7. The van der Waals surface area contributed by atoms with Gasteiger partial charge < -0.3 is 0 Å².